The van der Waals surface area contributed by atoms with Crippen LogP contribution in [-0.2, 0) is 0 Å². The molecule has 1 aromatic rings. The standard InChI is InChI=1S/C19H26OS2/c1-13(2)14(3)19(20,12-18(21-4)22-5)17-11-16(17)15-9-7-6-8-10-15/h6-10,12,14,16-17,20H,1,11H2,2-5H3. The highest BCUT2D eigenvalue weighted by Gasteiger charge is 2.54. The zero-order chi connectivity index (χ0) is 16.3. The first-order chi connectivity index (χ1) is 10.4. The molecule has 1 nitrogen and oxygen atoms in total. The molecule has 1 aliphatic carbocycles. The SMILES string of the molecule is C=C(C)C(C)C(O)(C=C(SC)SC)C1CC1c1ccccc1. The normalized spacial score (nSPS) is 24.2. The fourth-order valence-corrected chi connectivity index (χ4v) is 4.39. The van der Waals surface area contributed by atoms with Crippen LogP contribution < -0.4 is 0 Å². The van der Waals surface area contributed by atoms with Crippen LogP contribution in [0.15, 0.2) is 52.8 Å². The second kappa shape index (κ2) is 7.29. The summed E-state index contributed by atoms with van der Waals surface area (Å²) in [6.45, 7) is 8.20. The van der Waals surface area contributed by atoms with Gasteiger partial charge in [0.1, 0.15) is 0 Å². The summed E-state index contributed by atoms with van der Waals surface area (Å²) >= 11 is 3.41. The quantitative estimate of drug-likeness (QED) is 0.683. The summed E-state index contributed by atoms with van der Waals surface area (Å²) in [6, 6.07) is 10.5. The van der Waals surface area contributed by atoms with Gasteiger partial charge in [-0.15, -0.1) is 23.5 Å². The maximum Gasteiger partial charge on any atom is 0.0942 e. The van der Waals surface area contributed by atoms with Crippen LogP contribution >= 0.6 is 23.5 Å². The Morgan fingerprint density at radius 2 is 1.91 bits per heavy atom. The molecule has 0 spiro atoms. The van der Waals surface area contributed by atoms with Crippen molar-refractivity contribution in [3.05, 3.63) is 58.4 Å². The molecular formula is C19H26OS2. The summed E-state index contributed by atoms with van der Waals surface area (Å²) < 4.78 is 1.18. The Hall–Kier alpha value is -0.640. The van der Waals surface area contributed by atoms with Gasteiger partial charge in [-0.1, -0.05) is 49.4 Å². The van der Waals surface area contributed by atoms with Crippen molar-refractivity contribution in [3.63, 3.8) is 0 Å². The van der Waals surface area contributed by atoms with Crippen molar-refractivity contribution in [2.45, 2.75) is 31.8 Å². The molecular weight excluding hydrogens is 308 g/mol. The molecule has 1 fully saturated rings. The third-order valence-electron chi connectivity index (χ3n) is 4.80. The summed E-state index contributed by atoms with van der Waals surface area (Å²) in [5, 5.41) is 11.5. The van der Waals surface area contributed by atoms with Crippen molar-refractivity contribution >= 4 is 23.5 Å². The van der Waals surface area contributed by atoms with Crippen molar-refractivity contribution in [1.29, 1.82) is 0 Å². The fraction of sp³-hybridized carbons (Fsp3) is 0.474. The third-order valence-corrected chi connectivity index (χ3v) is 6.84. The number of hydrogen-bond donors (Lipinski definition) is 1. The van der Waals surface area contributed by atoms with E-state index in [0.29, 0.717) is 5.92 Å². The van der Waals surface area contributed by atoms with Gasteiger partial charge in [0, 0.05) is 10.2 Å². The highest BCUT2D eigenvalue weighted by Crippen LogP contribution is 2.57. The van der Waals surface area contributed by atoms with Crippen molar-refractivity contribution < 1.29 is 5.11 Å². The van der Waals surface area contributed by atoms with Crippen LogP contribution in [0.1, 0.15) is 31.7 Å². The highest BCUT2D eigenvalue weighted by atomic mass is 32.2. The van der Waals surface area contributed by atoms with E-state index in [0.717, 1.165) is 12.0 Å². The molecule has 3 heteroatoms. The van der Waals surface area contributed by atoms with E-state index in [2.05, 4.69) is 56.4 Å². The summed E-state index contributed by atoms with van der Waals surface area (Å²) in [5.41, 5.74) is 1.57. The van der Waals surface area contributed by atoms with Crippen LogP contribution in [0.25, 0.3) is 0 Å². The molecule has 0 aromatic heterocycles. The molecule has 2 rings (SSSR count). The largest absolute Gasteiger partial charge is 0.385 e. The molecule has 0 aliphatic heterocycles. The monoisotopic (exact) mass is 334 g/mol. The first-order valence-corrected chi connectivity index (χ1v) is 10.1. The van der Waals surface area contributed by atoms with Crippen LogP contribution in [0, 0.1) is 11.8 Å². The van der Waals surface area contributed by atoms with Gasteiger partial charge in [0.25, 0.3) is 0 Å². The van der Waals surface area contributed by atoms with Crippen LogP contribution in [0.2, 0.25) is 0 Å². The molecule has 0 heterocycles. The Balaban J connectivity index is 2.31. The van der Waals surface area contributed by atoms with Gasteiger partial charge in [-0.3, -0.25) is 0 Å². The summed E-state index contributed by atoms with van der Waals surface area (Å²) in [7, 11) is 0. The molecule has 0 bridgehead atoms. The van der Waals surface area contributed by atoms with Gasteiger partial charge < -0.3 is 5.11 Å². The second-order valence-electron chi connectivity index (χ2n) is 6.19. The zero-order valence-corrected chi connectivity index (χ0v) is 15.5. The van der Waals surface area contributed by atoms with Gasteiger partial charge in [-0.05, 0) is 49.3 Å². The summed E-state index contributed by atoms with van der Waals surface area (Å²) in [5.74, 6) is 0.783. The van der Waals surface area contributed by atoms with Crippen LogP contribution in [0.5, 0.6) is 0 Å². The molecule has 1 aromatic carbocycles. The minimum atomic E-state index is -0.812. The van der Waals surface area contributed by atoms with Gasteiger partial charge in [-0.2, -0.15) is 0 Å². The lowest BCUT2D eigenvalue weighted by molar-refractivity contribution is 0.0263. The van der Waals surface area contributed by atoms with E-state index in [1.54, 1.807) is 23.5 Å². The Bertz CT molecular complexity index is 546. The Morgan fingerprint density at radius 3 is 2.41 bits per heavy atom. The lowest BCUT2D eigenvalue weighted by atomic mass is 9.79. The van der Waals surface area contributed by atoms with E-state index in [-0.39, 0.29) is 11.8 Å². The van der Waals surface area contributed by atoms with Crippen molar-refractivity contribution in [1.82, 2.24) is 0 Å². The summed E-state index contributed by atoms with van der Waals surface area (Å²) in [6.07, 6.45) is 7.26. The smallest absolute Gasteiger partial charge is 0.0942 e. The van der Waals surface area contributed by atoms with Gasteiger partial charge >= 0.3 is 0 Å². The van der Waals surface area contributed by atoms with Crippen molar-refractivity contribution in [3.8, 4) is 0 Å². The molecule has 4 unspecified atom stereocenters. The van der Waals surface area contributed by atoms with Crippen LogP contribution in [0.3, 0.4) is 0 Å². The number of benzene rings is 1. The Morgan fingerprint density at radius 1 is 1.32 bits per heavy atom. The molecule has 120 valence electrons. The van der Waals surface area contributed by atoms with Crippen molar-refractivity contribution in [2.24, 2.45) is 11.8 Å². The first kappa shape index (κ1) is 17.7. The molecule has 1 saturated carbocycles. The number of thioether (sulfide) groups is 2. The van der Waals surface area contributed by atoms with Gasteiger partial charge in [0.05, 0.1) is 5.60 Å². The Labute approximate surface area is 143 Å². The van der Waals surface area contributed by atoms with Crippen molar-refractivity contribution in [2.75, 3.05) is 12.5 Å². The zero-order valence-electron chi connectivity index (χ0n) is 13.9. The molecule has 0 saturated heterocycles. The number of aliphatic hydroxyl groups is 1. The highest BCUT2D eigenvalue weighted by molar-refractivity contribution is 8.21. The minimum absolute atomic E-state index is 0.0560. The Kier molecular flexibility index (Phi) is 5.87. The van der Waals surface area contributed by atoms with Crippen LogP contribution in [0.4, 0.5) is 0 Å². The minimum Gasteiger partial charge on any atom is -0.385 e. The first-order valence-electron chi connectivity index (χ1n) is 7.67. The van der Waals surface area contributed by atoms with E-state index >= 15 is 0 Å². The van der Waals surface area contributed by atoms with E-state index in [4.69, 9.17) is 0 Å². The third kappa shape index (κ3) is 3.64. The number of hydrogen-bond acceptors (Lipinski definition) is 3. The second-order valence-corrected chi connectivity index (χ2v) is 8.14. The van der Waals surface area contributed by atoms with Crippen LogP contribution in [-0.4, -0.2) is 23.2 Å². The molecule has 22 heavy (non-hydrogen) atoms. The molecule has 4 atom stereocenters. The van der Waals surface area contributed by atoms with Gasteiger partial charge in [0.15, 0.2) is 0 Å². The molecule has 0 amide bonds. The number of rotatable bonds is 7. The van der Waals surface area contributed by atoms with Gasteiger partial charge in [0.2, 0.25) is 0 Å². The average Bonchev–Trinajstić information content (AvgIpc) is 3.33. The molecule has 1 aliphatic rings. The predicted molar refractivity (Wildman–Crippen MR) is 101 cm³/mol. The fourth-order valence-electron chi connectivity index (χ4n) is 3.11. The maximum absolute atomic E-state index is 11.5. The summed E-state index contributed by atoms with van der Waals surface area (Å²) in [4.78, 5) is 0. The van der Waals surface area contributed by atoms with Gasteiger partial charge in [-0.25, -0.2) is 0 Å². The average molecular weight is 335 g/mol. The lowest BCUT2D eigenvalue weighted by Gasteiger charge is -2.33. The lowest BCUT2D eigenvalue weighted by Crippen LogP contribution is -2.38. The topological polar surface area (TPSA) is 20.2 Å². The van der Waals surface area contributed by atoms with E-state index in [1.807, 2.05) is 13.0 Å². The van der Waals surface area contributed by atoms with E-state index in [1.165, 1.54) is 9.80 Å². The van der Waals surface area contributed by atoms with E-state index in [9.17, 15) is 5.11 Å². The maximum atomic E-state index is 11.5. The predicted octanol–water partition coefficient (Wildman–Crippen LogP) is 5.30. The van der Waals surface area contributed by atoms with E-state index < -0.39 is 5.60 Å². The molecule has 0 radical (unpaired) electrons. The molecule has 1 N–H and O–H groups in total.